The van der Waals surface area contributed by atoms with Crippen LogP contribution in [0.15, 0.2) is 30.3 Å². The first-order valence-electron chi connectivity index (χ1n) is 9.23. The van der Waals surface area contributed by atoms with Crippen LogP contribution in [0.1, 0.15) is 13.3 Å². The lowest BCUT2D eigenvalue weighted by Crippen LogP contribution is -2.50. The fourth-order valence-electron chi connectivity index (χ4n) is 3.60. The predicted octanol–water partition coefficient (Wildman–Crippen LogP) is 1.34. The van der Waals surface area contributed by atoms with Crippen molar-refractivity contribution in [1.82, 2.24) is 4.90 Å². The first-order valence-corrected chi connectivity index (χ1v) is 9.23. The lowest BCUT2D eigenvalue weighted by molar-refractivity contribution is -0.167. The zero-order valence-corrected chi connectivity index (χ0v) is 15.2. The molecular weight excluding hydrogens is 320 g/mol. The number of aliphatic hydroxyl groups is 1. The van der Waals surface area contributed by atoms with E-state index in [1.807, 2.05) is 13.0 Å². The number of aliphatic hydroxyl groups excluding tert-OH is 1. The van der Waals surface area contributed by atoms with Gasteiger partial charge in [-0.1, -0.05) is 25.1 Å². The van der Waals surface area contributed by atoms with Gasteiger partial charge in [-0.2, -0.15) is 0 Å². The Hall–Kier alpha value is -1.18. The van der Waals surface area contributed by atoms with E-state index in [9.17, 15) is 5.11 Å². The molecule has 2 aliphatic heterocycles. The van der Waals surface area contributed by atoms with E-state index in [0.29, 0.717) is 6.61 Å². The highest BCUT2D eigenvalue weighted by Gasteiger charge is 2.45. The van der Waals surface area contributed by atoms with E-state index < -0.39 is 12.4 Å². The molecule has 0 bridgehead atoms. The molecule has 0 saturated carbocycles. The van der Waals surface area contributed by atoms with Gasteiger partial charge in [0.1, 0.15) is 18.3 Å². The van der Waals surface area contributed by atoms with E-state index in [1.165, 1.54) is 5.69 Å². The number of nitrogens with zero attached hydrogens (tertiary/aromatic N) is 2. The van der Waals surface area contributed by atoms with Gasteiger partial charge in [-0.3, -0.25) is 4.90 Å². The minimum atomic E-state index is -0.729. The maximum atomic E-state index is 10.4. The van der Waals surface area contributed by atoms with E-state index in [0.717, 1.165) is 39.1 Å². The molecular formula is C19H30N2O4. The quantitative estimate of drug-likeness (QED) is 0.801. The summed E-state index contributed by atoms with van der Waals surface area (Å²) in [5, 5.41) is 10.4. The second-order valence-electron chi connectivity index (χ2n) is 6.73. The van der Waals surface area contributed by atoms with Crippen molar-refractivity contribution in [2.75, 3.05) is 51.3 Å². The van der Waals surface area contributed by atoms with Gasteiger partial charge in [0.2, 0.25) is 0 Å². The van der Waals surface area contributed by atoms with Crippen LogP contribution in [0.3, 0.4) is 0 Å². The van der Waals surface area contributed by atoms with E-state index in [4.69, 9.17) is 14.2 Å². The smallest absolute Gasteiger partial charge is 0.186 e. The van der Waals surface area contributed by atoms with Gasteiger partial charge < -0.3 is 24.2 Å². The molecule has 0 amide bonds. The highest BCUT2D eigenvalue weighted by atomic mass is 16.7. The second kappa shape index (κ2) is 8.96. The van der Waals surface area contributed by atoms with Crippen LogP contribution in [-0.4, -0.2) is 81.0 Å². The summed E-state index contributed by atoms with van der Waals surface area (Å²) in [6.07, 6.45) is -0.914. The summed E-state index contributed by atoms with van der Waals surface area (Å²) in [4.78, 5) is 4.78. The number of rotatable bonds is 7. The third-order valence-corrected chi connectivity index (χ3v) is 4.98. The third-order valence-electron chi connectivity index (χ3n) is 4.98. The van der Waals surface area contributed by atoms with Crippen molar-refractivity contribution in [3.05, 3.63) is 30.3 Å². The Morgan fingerprint density at radius 1 is 1.16 bits per heavy atom. The summed E-state index contributed by atoms with van der Waals surface area (Å²) in [6.45, 7) is 7.31. The van der Waals surface area contributed by atoms with Crippen molar-refractivity contribution in [2.45, 2.75) is 37.9 Å². The van der Waals surface area contributed by atoms with E-state index in [-0.39, 0.29) is 12.2 Å². The molecule has 2 saturated heterocycles. The molecule has 0 spiro atoms. The number of methoxy groups -OCH3 is 1. The van der Waals surface area contributed by atoms with Gasteiger partial charge in [0.05, 0.1) is 0 Å². The number of ether oxygens (including phenoxy) is 3. The van der Waals surface area contributed by atoms with Crippen LogP contribution in [0.25, 0.3) is 0 Å². The first-order chi connectivity index (χ1) is 12.2. The fourth-order valence-corrected chi connectivity index (χ4v) is 3.60. The number of para-hydroxylation sites is 1. The van der Waals surface area contributed by atoms with E-state index in [2.05, 4.69) is 34.1 Å². The van der Waals surface area contributed by atoms with E-state index in [1.54, 1.807) is 7.11 Å². The average Bonchev–Trinajstić information content (AvgIpc) is 2.95. The first kappa shape index (κ1) is 18.6. The number of hydrogen-bond acceptors (Lipinski definition) is 6. The Morgan fingerprint density at radius 3 is 2.52 bits per heavy atom. The maximum absolute atomic E-state index is 10.4. The van der Waals surface area contributed by atoms with Gasteiger partial charge in [-0.15, -0.1) is 0 Å². The molecule has 2 heterocycles. The Balaban J connectivity index is 1.51. The van der Waals surface area contributed by atoms with Crippen molar-refractivity contribution in [3.8, 4) is 0 Å². The van der Waals surface area contributed by atoms with Crippen molar-refractivity contribution < 1.29 is 19.3 Å². The highest BCUT2D eigenvalue weighted by Crippen LogP contribution is 2.26. The van der Waals surface area contributed by atoms with Crippen molar-refractivity contribution in [3.63, 3.8) is 0 Å². The maximum Gasteiger partial charge on any atom is 0.186 e. The summed E-state index contributed by atoms with van der Waals surface area (Å²) in [6, 6.07) is 10.5. The fraction of sp³-hybridized carbons (Fsp3) is 0.684. The van der Waals surface area contributed by atoms with Crippen molar-refractivity contribution >= 4 is 5.69 Å². The molecule has 25 heavy (non-hydrogen) atoms. The van der Waals surface area contributed by atoms with Gasteiger partial charge in [-0.05, 0) is 18.6 Å². The molecule has 0 aliphatic carbocycles. The zero-order valence-electron chi connectivity index (χ0n) is 15.2. The molecule has 1 aromatic carbocycles. The van der Waals surface area contributed by atoms with Crippen molar-refractivity contribution in [1.29, 1.82) is 0 Å². The summed E-state index contributed by atoms with van der Waals surface area (Å²) in [7, 11) is 1.62. The average molecular weight is 350 g/mol. The molecule has 4 atom stereocenters. The molecule has 140 valence electrons. The SMILES string of the molecule is CCCOC1O[C@H](CN2CCN(c3ccccc3)CC2)[C@H](OC)[C@H]1O. The molecule has 1 unspecified atom stereocenters. The molecule has 6 heteroatoms. The van der Waals surface area contributed by atoms with Gasteiger partial charge in [-0.25, -0.2) is 0 Å². The van der Waals surface area contributed by atoms with Gasteiger partial charge in [0.25, 0.3) is 0 Å². The Kier molecular flexibility index (Phi) is 6.67. The molecule has 6 nitrogen and oxygen atoms in total. The molecule has 0 aromatic heterocycles. The number of benzene rings is 1. The standard InChI is InChI=1S/C19H30N2O4/c1-3-13-24-19-17(22)18(23-2)16(25-19)14-20-9-11-21(12-10-20)15-7-5-4-6-8-15/h4-8,16-19,22H,3,9-14H2,1-2H3/t16-,17-,18+,19?/m1/s1. The molecule has 0 radical (unpaired) electrons. The van der Waals surface area contributed by atoms with Gasteiger partial charge in [0, 0.05) is 52.1 Å². The van der Waals surface area contributed by atoms with E-state index >= 15 is 0 Å². The van der Waals surface area contributed by atoms with Gasteiger partial charge in [0.15, 0.2) is 6.29 Å². The van der Waals surface area contributed by atoms with Crippen LogP contribution in [0.4, 0.5) is 5.69 Å². The third kappa shape index (κ3) is 4.51. The molecule has 2 aliphatic rings. The predicted molar refractivity (Wildman–Crippen MR) is 96.8 cm³/mol. The largest absolute Gasteiger partial charge is 0.385 e. The summed E-state index contributed by atoms with van der Waals surface area (Å²) >= 11 is 0. The lowest BCUT2D eigenvalue weighted by atomic mass is 10.1. The molecule has 1 aromatic rings. The summed E-state index contributed by atoms with van der Waals surface area (Å²) in [5.74, 6) is 0. The highest BCUT2D eigenvalue weighted by molar-refractivity contribution is 5.46. The molecule has 3 rings (SSSR count). The monoisotopic (exact) mass is 350 g/mol. The van der Waals surface area contributed by atoms with Gasteiger partial charge >= 0.3 is 0 Å². The minimum absolute atomic E-state index is 0.162. The van der Waals surface area contributed by atoms with Crippen LogP contribution in [0.2, 0.25) is 0 Å². The minimum Gasteiger partial charge on any atom is -0.385 e. The zero-order chi connectivity index (χ0) is 17.6. The number of anilines is 1. The van der Waals surface area contributed by atoms with Crippen LogP contribution >= 0.6 is 0 Å². The number of hydrogen-bond donors (Lipinski definition) is 1. The lowest BCUT2D eigenvalue weighted by Gasteiger charge is -2.37. The summed E-state index contributed by atoms with van der Waals surface area (Å²) < 4.78 is 17.0. The Labute approximate surface area is 150 Å². The molecule has 1 N–H and O–H groups in total. The topological polar surface area (TPSA) is 54.4 Å². The Bertz CT molecular complexity index is 507. The Morgan fingerprint density at radius 2 is 1.88 bits per heavy atom. The van der Waals surface area contributed by atoms with Crippen LogP contribution < -0.4 is 4.90 Å². The summed E-state index contributed by atoms with van der Waals surface area (Å²) in [5.41, 5.74) is 1.28. The van der Waals surface area contributed by atoms with Crippen LogP contribution in [-0.2, 0) is 14.2 Å². The molecule has 2 fully saturated rings. The second-order valence-corrected chi connectivity index (χ2v) is 6.73. The number of piperazine rings is 1. The van der Waals surface area contributed by atoms with Crippen LogP contribution in [0, 0.1) is 0 Å². The van der Waals surface area contributed by atoms with Crippen LogP contribution in [0.5, 0.6) is 0 Å². The van der Waals surface area contributed by atoms with Crippen molar-refractivity contribution in [2.24, 2.45) is 0 Å². The normalized spacial score (nSPS) is 30.8.